The first-order chi connectivity index (χ1) is 8.56. The Morgan fingerprint density at radius 1 is 1.28 bits per heavy atom. The number of Topliss-reactive ketones (excluding diaryl/α,β-unsaturated/α-hetero) is 1. The monoisotopic (exact) mass is 251 g/mol. The lowest BCUT2D eigenvalue weighted by Gasteiger charge is -2.11. The molecule has 98 valence electrons. The molecule has 0 aliphatic carbocycles. The van der Waals surface area contributed by atoms with Gasteiger partial charge in [-0.3, -0.25) is 9.59 Å². The van der Waals surface area contributed by atoms with Crippen LogP contribution in [0.2, 0.25) is 0 Å². The molecule has 1 aromatic rings. The number of rotatable bonds is 6. The summed E-state index contributed by atoms with van der Waals surface area (Å²) in [6.45, 7) is 3.78. The lowest BCUT2D eigenvalue weighted by Crippen LogP contribution is -2.14. The van der Waals surface area contributed by atoms with Crippen LogP contribution in [0.25, 0.3) is 0 Å². The van der Waals surface area contributed by atoms with Crippen molar-refractivity contribution in [3.63, 3.8) is 0 Å². The summed E-state index contributed by atoms with van der Waals surface area (Å²) in [7, 11) is 1.53. The van der Waals surface area contributed by atoms with E-state index in [4.69, 9.17) is 9.47 Å². The molecule has 1 N–H and O–H groups in total. The Kier molecular flexibility index (Phi) is 5.17. The average molecular weight is 251 g/mol. The molecule has 18 heavy (non-hydrogen) atoms. The Labute approximate surface area is 106 Å². The Balaban J connectivity index is 2.79. The minimum absolute atomic E-state index is 0.129. The second-order valence-corrected chi connectivity index (χ2v) is 3.73. The molecule has 0 unspecified atom stereocenters. The van der Waals surface area contributed by atoms with E-state index in [0.717, 1.165) is 0 Å². The Morgan fingerprint density at radius 2 is 2.00 bits per heavy atom. The molecule has 0 radical (unpaired) electrons. The number of amides is 1. The molecule has 0 atom stereocenters. The number of methoxy groups -OCH3 is 1. The van der Waals surface area contributed by atoms with Gasteiger partial charge in [-0.15, -0.1) is 0 Å². The molecule has 1 amide bonds. The van der Waals surface area contributed by atoms with Crippen LogP contribution in [0.4, 0.5) is 5.69 Å². The third-order valence-electron chi connectivity index (χ3n) is 2.16. The lowest BCUT2D eigenvalue weighted by molar-refractivity contribution is -0.124. The molecule has 0 fully saturated rings. The molecule has 1 aromatic carbocycles. The van der Waals surface area contributed by atoms with Gasteiger partial charge in [0.15, 0.2) is 11.5 Å². The number of ether oxygens (including phenoxy) is 2. The van der Waals surface area contributed by atoms with Crippen LogP contribution in [0, 0.1) is 0 Å². The van der Waals surface area contributed by atoms with Gasteiger partial charge in [0.25, 0.3) is 0 Å². The third-order valence-corrected chi connectivity index (χ3v) is 2.16. The van der Waals surface area contributed by atoms with Crippen LogP contribution >= 0.6 is 0 Å². The van der Waals surface area contributed by atoms with E-state index in [-0.39, 0.29) is 18.1 Å². The van der Waals surface area contributed by atoms with Crippen molar-refractivity contribution in [2.24, 2.45) is 0 Å². The number of carbonyl (C=O) groups excluding carboxylic acids is 2. The highest BCUT2D eigenvalue weighted by atomic mass is 16.5. The minimum atomic E-state index is -0.339. The van der Waals surface area contributed by atoms with E-state index < -0.39 is 0 Å². The van der Waals surface area contributed by atoms with E-state index >= 15 is 0 Å². The van der Waals surface area contributed by atoms with Crippen molar-refractivity contribution < 1.29 is 19.1 Å². The molecule has 0 spiro atoms. The quantitative estimate of drug-likeness (QED) is 0.785. The second kappa shape index (κ2) is 6.64. The van der Waals surface area contributed by atoms with Crippen LogP contribution in [0.1, 0.15) is 20.3 Å². The van der Waals surface area contributed by atoms with Gasteiger partial charge < -0.3 is 14.8 Å². The summed E-state index contributed by atoms with van der Waals surface area (Å²) in [5.74, 6) is 0.640. The zero-order chi connectivity index (χ0) is 13.5. The molecule has 1 rings (SSSR count). The van der Waals surface area contributed by atoms with Crippen LogP contribution in [0.5, 0.6) is 11.5 Å². The fourth-order valence-corrected chi connectivity index (χ4v) is 1.45. The molecule has 0 saturated carbocycles. The van der Waals surface area contributed by atoms with E-state index in [9.17, 15) is 9.59 Å². The Morgan fingerprint density at radius 3 is 2.56 bits per heavy atom. The third kappa shape index (κ3) is 4.08. The van der Waals surface area contributed by atoms with Crippen LogP contribution in [0.15, 0.2) is 18.2 Å². The topological polar surface area (TPSA) is 64.6 Å². The van der Waals surface area contributed by atoms with Crippen molar-refractivity contribution in [3.8, 4) is 11.5 Å². The Bertz CT molecular complexity index is 443. The molecule has 0 saturated heterocycles. The molecule has 0 bridgehead atoms. The summed E-state index contributed by atoms with van der Waals surface area (Å²) in [6.07, 6.45) is -0.129. The van der Waals surface area contributed by atoms with Crippen molar-refractivity contribution in [2.75, 3.05) is 19.0 Å². The fraction of sp³-hybridized carbons (Fsp3) is 0.385. The summed E-state index contributed by atoms with van der Waals surface area (Å²) >= 11 is 0. The number of hydrogen-bond donors (Lipinski definition) is 1. The SMILES string of the molecule is CCOc1ccc(NC(=O)CC(C)=O)cc1OC. The van der Waals surface area contributed by atoms with E-state index in [1.807, 2.05) is 6.92 Å². The summed E-state index contributed by atoms with van der Waals surface area (Å²) in [4.78, 5) is 22.2. The van der Waals surface area contributed by atoms with Crippen molar-refractivity contribution >= 4 is 17.4 Å². The van der Waals surface area contributed by atoms with Crippen LogP contribution in [0.3, 0.4) is 0 Å². The van der Waals surface area contributed by atoms with Crippen LogP contribution in [-0.4, -0.2) is 25.4 Å². The molecule has 5 nitrogen and oxygen atoms in total. The summed E-state index contributed by atoms with van der Waals surface area (Å²) in [5, 5.41) is 2.62. The maximum atomic E-state index is 11.4. The number of carbonyl (C=O) groups is 2. The number of hydrogen-bond acceptors (Lipinski definition) is 4. The number of nitrogens with one attached hydrogen (secondary N) is 1. The molecule has 0 aliphatic rings. The number of anilines is 1. The van der Waals surface area contributed by atoms with Crippen molar-refractivity contribution in [3.05, 3.63) is 18.2 Å². The summed E-state index contributed by atoms with van der Waals surface area (Å²) in [5.41, 5.74) is 0.571. The van der Waals surface area contributed by atoms with Gasteiger partial charge in [-0.2, -0.15) is 0 Å². The van der Waals surface area contributed by atoms with Gasteiger partial charge in [-0.05, 0) is 26.0 Å². The highest BCUT2D eigenvalue weighted by molar-refractivity contribution is 6.03. The zero-order valence-corrected chi connectivity index (χ0v) is 10.8. The first-order valence-corrected chi connectivity index (χ1v) is 5.67. The normalized spacial score (nSPS) is 9.72. The predicted octanol–water partition coefficient (Wildman–Crippen LogP) is 2.01. The molecular weight excluding hydrogens is 234 g/mol. The van der Waals surface area contributed by atoms with E-state index in [2.05, 4.69) is 5.32 Å². The summed E-state index contributed by atoms with van der Waals surface area (Å²) in [6, 6.07) is 5.07. The van der Waals surface area contributed by atoms with Gasteiger partial charge >= 0.3 is 0 Å². The van der Waals surface area contributed by atoms with Gasteiger partial charge in [0.1, 0.15) is 5.78 Å². The maximum absolute atomic E-state index is 11.4. The largest absolute Gasteiger partial charge is 0.493 e. The lowest BCUT2D eigenvalue weighted by atomic mass is 10.2. The van der Waals surface area contributed by atoms with Crippen molar-refractivity contribution in [2.45, 2.75) is 20.3 Å². The molecule has 0 aromatic heterocycles. The van der Waals surface area contributed by atoms with Crippen LogP contribution < -0.4 is 14.8 Å². The van der Waals surface area contributed by atoms with E-state index in [1.54, 1.807) is 18.2 Å². The number of benzene rings is 1. The minimum Gasteiger partial charge on any atom is -0.493 e. The van der Waals surface area contributed by atoms with E-state index in [0.29, 0.717) is 23.8 Å². The Hall–Kier alpha value is -2.04. The molecular formula is C13H17NO4. The second-order valence-electron chi connectivity index (χ2n) is 3.73. The smallest absolute Gasteiger partial charge is 0.231 e. The molecule has 5 heteroatoms. The molecule has 0 aliphatic heterocycles. The average Bonchev–Trinajstić information content (AvgIpc) is 2.30. The van der Waals surface area contributed by atoms with Crippen molar-refractivity contribution in [1.82, 2.24) is 0 Å². The highest BCUT2D eigenvalue weighted by Crippen LogP contribution is 2.30. The van der Waals surface area contributed by atoms with Gasteiger partial charge in [0.05, 0.1) is 20.1 Å². The van der Waals surface area contributed by atoms with Gasteiger partial charge in [-0.1, -0.05) is 0 Å². The van der Waals surface area contributed by atoms with Gasteiger partial charge in [0, 0.05) is 11.8 Å². The molecule has 0 heterocycles. The van der Waals surface area contributed by atoms with Gasteiger partial charge in [-0.25, -0.2) is 0 Å². The van der Waals surface area contributed by atoms with Crippen LogP contribution in [-0.2, 0) is 9.59 Å². The number of ketones is 1. The predicted molar refractivity (Wildman–Crippen MR) is 68.1 cm³/mol. The first-order valence-electron chi connectivity index (χ1n) is 5.67. The maximum Gasteiger partial charge on any atom is 0.231 e. The highest BCUT2D eigenvalue weighted by Gasteiger charge is 2.09. The fourth-order valence-electron chi connectivity index (χ4n) is 1.45. The first kappa shape index (κ1) is 14.0. The van der Waals surface area contributed by atoms with E-state index in [1.165, 1.54) is 14.0 Å². The van der Waals surface area contributed by atoms with Crippen molar-refractivity contribution in [1.29, 1.82) is 0 Å². The zero-order valence-electron chi connectivity index (χ0n) is 10.8. The van der Waals surface area contributed by atoms with Gasteiger partial charge in [0.2, 0.25) is 5.91 Å². The standard InChI is InChI=1S/C13H17NO4/c1-4-18-11-6-5-10(8-12(11)17-3)14-13(16)7-9(2)15/h5-6,8H,4,7H2,1-3H3,(H,14,16). The summed E-state index contributed by atoms with van der Waals surface area (Å²) < 4.78 is 10.5.